The van der Waals surface area contributed by atoms with Gasteiger partial charge in [0.2, 0.25) is 0 Å². The molecule has 2 unspecified atom stereocenters. The largest absolute Gasteiger partial charge is 0.394 e. The molecule has 0 spiro atoms. The van der Waals surface area contributed by atoms with Crippen molar-refractivity contribution in [3.8, 4) is 0 Å². The molecule has 3 heteroatoms. The van der Waals surface area contributed by atoms with Gasteiger partial charge in [-0.15, -0.1) is 0 Å². The molecule has 2 atom stereocenters. The molecule has 0 amide bonds. The van der Waals surface area contributed by atoms with Crippen LogP contribution in [0, 0.1) is 11.8 Å². The van der Waals surface area contributed by atoms with Gasteiger partial charge in [0, 0.05) is 31.7 Å². The second-order valence-electron chi connectivity index (χ2n) is 6.55. The molecule has 1 aliphatic carbocycles. The second-order valence-corrected chi connectivity index (χ2v) is 6.55. The normalized spacial score (nSPS) is 35.7. The predicted molar refractivity (Wildman–Crippen MR) is 75.7 cm³/mol. The van der Waals surface area contributed by atoms with E-state index >= 15 is 0 Å². The summed E-state index contributed by atoms with van der Waals surface area (Å²) in [5.74, 6) is 1.66. The lowest BCUT2D eigenvalue weighted by Gasteiger charge is -2.45. The smallest absolute Gasteiger partial charge is 0.0615 e. The average molecular weight is 254 g/mol. The third-order valence-corrected chi connectivity index (χ3v) is 5.22. The summed E-state index contributed by atoms with van der Waals surface area (Å²) in [6.07, 6.45) is 6.31. The van der Waals surface area contributed by atoms with Crippen molar-refractivity contribution in [1.29, 1.82) is 0 Å². The van der Waals surface area contributed by atoms with E-state index in [0.29, 0.717) is 6.61 Å². The van der Waals surface area contributed by atoms with Crippen LogP contribution in [-0.2, 0) is 0 Å². The van der Waals surface area contributed by atoms with E-state index in [0.717, 1.165) is 38.0 Å². The third-order valence-electron chi connectivity index (χ3n) is 5.22. The van der Waals surface area contributed by atoms with Gasteiger partial charge in [-0.25, -0.2) is 0 Å². The van der Waals surface area contributed by atoms with Gasteiger partial charge in [0.15, 0.2) is 0 Å². The highest BCUT2D eigenvalue weighted by Gasteiger charge is 2.38. The highest BCUT2D eigenvalue weighted by Crippen LogP contribution is 2.37. The summed E-state index contributed by atoms with van der Waals surface area (Å²) in [7, 11) is 0. The summed E-state index contributed by atoms with van der Waals surface area (Å²) in [6, 6.07) is 0. The van der Waals surface area contributed by atoms with Crippen LogP contribution in [0.3, 0.4) is 0 Å². The summed E-state index contributed by atoms with van der Waals surface area (Å²) < 4.78 is 0. The lowest BCUT2D eigenvalue weighted by molar-refractivity contribution is 0.00782. The van der Waals surface area contributed by atoms with Crippen molar-refractivity contribution in [2.45, 2.75) is 51.5 Å². The third kappa shape index (κ3) is 3.06. The number of aliphatic hydroxyl groups excluding tert-OH is 1. The molecule has 2 rings (SSSR count). The quantitative estimate of drug-likeness (QED) is 0.755. The first-order valence-corrected chi connectivity index (χ1v) is 7.74. The van der Waals surface area contributed by atoms with Gasteiger partial charge in [-0.3, -0.25) is 4.90 Å². The molecule has 18 heavy (non-hydrogen) atoms. The van der Waals surface area contributed by atoms with Gasteiger partial charge in [-0.05, 0) is 31.1 Å². The number of hydrogen-bond acceptors (Lipinski definition) is 3. The van der Waals surface area contributed by atoms with Crippen LogP contribution in [0.15, 0.2) is 0 Å². The van der Waals surface area contributed by atoms with Crippen molar-refractivity contribution in [1.82, 2.24) is 10.2 Å². The molecule has 2 aliphatic rings. The molecular weight excluding hydrogens is 224 g/mol. The highest BCUT2D eigenvalue weighted by molar-refractivity contribution is 4.94. The summed E-state index contributed by atoms with van der Waals surface area (Å²) in [4.78, 5) is 2.56. The molecule has 0 aromatic rings. The van der Waals surface area contributed by atoms with Gasteiger partial charge in [0.25, 0.3) is 0 Å². The number of nitrogens with zero attached hydrogens (tertiary/aromatic N) is 1. The van der Waals surface area contributed by atoms with Crippen molar-refractivity contribution in [2.75, 3.05) is 32.8 Å². The minimum absolute atomic E-state index is 0.0890. The molecule has 106 valence electrons. The predicted octanol–water partition coefficient (Wildman–Crippen LogP) is 1.86. The highest BCUT2D eigenvalue weighted by atomic mass is 16.3. The molecule has 1 saturated carbocycles. The van der Waals surface area contributed by atoms with Crippen LogP contribution in [0.4, 0.5) is 0 Å². The van der Waals surface area contributed by atoms with E-state index in [-0.39, 0.29) is 5.54 Å². The SMILES string of the molecule is CC(C)C1CCCC(CO)(N2CCNCC2)CC1. The molecule has 0 aromatic carbocycles. The van der Waals surface area contributed by atoms with E-state index in [1.54, 1.807) is 0 Å². The summed E-state index contributed by atoms with van der Waals surface area (Å²) in [6.45, 7) is 9.41. The first-order valence-electron chi connectivity index (χ1n) is 7.74. The summed E-state index contributed by atoms with van der Waals surface area (Å²) >= 11 is 0. The van der Waals surface area contributed by atoms with Gasteiger partial charge < -0.3 is 10.4 Å². The Morgan fingerprint density at radius 1 is 1.22 bits per heavy atom. The van der Waals surface area contributed by atoms with Gasteiger partial charge in [0.1, 0.15) is 0 Å². The van der Waals surface area contributed by atoms with Crippen molar-refractivity contribution in [3.63, 3.8) is 0 Å². The van der Waals surface area contributed by atoms with E-state index in [9.17, 15) is 5.11 Å². The molecule has 1 saturated heterocycles. The number of aliphatic hydroxyl groups is 1. The van der Waals surface area contributed by atoms with Crippen molar-refractivity contribution < 1.29 is 5.11 Å². The van der Waals surface area contributed by atoms with E-state index < -0.39 is 0 Å². The fraction of sp³-hybridized carbons (Fsp3) is 1.00. The van der Waals surface area contributed by atoms with Crippen molar-refractivity contribution in [3.05, 3.63) is 0 Å². The fourth-order valence-corrected chi connectivity index (χ4v) is 3.80. The number of piperazine rings is 1. The van der Waals surface area contributed by atoms with E-state index in [4.69, 9.17) is 0 Å². The number of rotatable bonds is 3. The van der Waals surface area contributed by atoms with Crippen LogP contribution in [-0.4, -0.2) is 48.3 Å². The van der Waals surface area contributed by atoms with Crippen LogP contribution < -0.4 is 5.32 Å². The Morgan fingerprint density at radius 2 is 1.94 bits per heavy atom. The van der Waals surface area contributed by atoms with Crippen molar-refractivity contribution in [2.24, 2.45) is 11.8 Å². The molecule has 0 aromatic heterocycles. The average Bonchev–Trinajstić information content (AvgIpc) is 2.63. The van der Waals surface area contributed by atoms with Crippen LogP contribution in [0.25, 0.3) is 0 Å². The van der Waals surface area contributed by atoms with Crippen LogP contribution in [0.5, 0.6) is 0 Å². The van der Waals surface area contributed by atoms with Crippen LogP contribution >= 0.6 is 0 Å². The minimum atomic E-state index is 0.0890. The van der Waals surface area contributed by atoms with E-state index in [1.165, 1.54) is 32.1 Å². The van der Waals surface area contributed by atoms with E-state index in [2.05, 4.69) is 24.1 Å². The zero-order valence-corrected chi connectivity index (χ0v) is 12.1. The van der Waals surface area contributed by atoms with Gasteiger partial charge in [0.05, 0.1) is 6.61 Å². The maximum Gasteiger partial charge on any atom is 0.0615 e. The Bertz CT molecular complexity index is 251. The summed E-state index contributed by atoms with van der Waals surface area (Å²) in [5.41, 5.74) is 0.0890. The Hall–Kier alpha value is -0.120. The lowest BCUT2D eigenvalue weighted by Crippen LogP contribution is -2.58. The molecule has 0 bridgehead atoms. The maximum atomic E-state index is 9.98. The van der Waals surface area contributed by atoms with Crippen LogP contribution in [0.2, 0.25) is 0 Å². The molecule has 2 fully saturated rings. The molecule has 1 heterocycles. The van der Waals surface area contributed by atoms with Crippen LogP contribution in [0.1, 0.15) is 46.0 Å². The first kappa shape index (κ1) is 14.3. The van der Waals surface area contributed by atoms with E-state index in [1.807, 2.05) is 0 Å². The molecular formula is C15H30N2O. The molecule has 2 N–H and O–H groups in total. The Labute approximate surface area is 112 Å². The number of hydrogen-bond donors (Lipinski definition) is 2. The monoisotopic (exact) mass is 254 g/mol. The Balaban J connectivity index is 2.02. The second kappa shape index (κ2) is 6.36. The molecule has 3 nitrogen and oxygen atoms in total. The zero-order chi connectivity index (χ0) is 13.0. The molecule has 1 aliphatic heterocycles. The standard InChI is InChI=1S/C15H30N2O/c1-13(2)14-4-3-6-15(12-18,7-5-14)17-10-8-16-9-11-17/h13-14,16,18H,3-12H2,1-2H3. The van der Waals surface area contributed by atoms with Gasteiger partial charge >= 0.3 is 0 Å². The minimum Gasteiger partial charge on any atom is -0.394 e. The Kier molecular flexibility index (Phi) is 5.05. The fourth-order valence-electron chi connectivity index (χ4n) is 3.80. The molecule has 0 radical (unpaired) electrons. The topological polar surface area (TPSA) is 35.5 Å². The van der Waals surface area contributed by atoms with Crippen molar-refractivity contribution >= 4 is 0 Å². The first-order chi connectivity index (χ1) is 8.68. The van der Waals surface area contributed by atoms with Gasteiger partial charge in [-0.2, -0.15) is 0 Å². The van der Waals surface area contributed by atoms with Gasteiger partial charge in [-0.1, -0.05) is 26.7 Å². The Morgan fingerprint density at radius 3 is 2.56 bits per heavy atom. The number of nitrogens with one attached hydrogen (secondary N) is 1. The lowest BCUT2D eigenvalue weighted by atomic mass is 9.85. The maximum absolute atomic E-state index is 9.98. The zero-order valence-electron chi connectivity index (χ0n) is 12.1. The summed E-state index contributed by atoms with van der Waals surface area (Å²) in [5, 5.41) is 13.4.